The van der Waals surface area contributed by atoms with Gasteiger partial charge in [-0.3, -0.25) is 4.90 Å². The van der Waals surface area contributed by atoms with Crippen LogP contribution in [0.1, 0.15) is 29.3 Å². The van der Waals surface area contributed by atoms with Gasteiger partial charge in [0.15, 0.2) is 0 Å². The number of methoxy groups -OCH3 is 1. The molecule has 1 fully saturated rings. The number of esters is 1. The van der Waals surface area contributed by atoms with Crippen molar-refractivity contribution >= 4 is 29.1 Å². The highest BCUT2D eigenvalue weighted by Crippen LogP contribution is 2.21. The molecule has 0 amide bonds. The van der Waals surface area contributed by atoms with Crippen molar-refractivity contribution < 1.29 is 9.53 Å². The number of rotatable bonds is 5. The molecule has 0 N–H and O–H groups in total. The second-order valence-electron chi connectivity index (χ2n) is 6.81. The van der Waals surface area contributed by atoms with Crippen LogP contribution >= 0.6 is 11.6 Å². The highest BCUT2D eigenvalue weighted by molar-refractivity contribution is 6.30. The van der Waals surface area contributed by atoms with Gasteiger partial charge in [0.2, 0.25) is 0 Å². The molecule has 148 valence electrons. The summed E-state index contributed by atoms with van der Waals surface area (Å²) >= 11 is 6.14. The van der Waals surface area contributed by atoms with Crippen molar-refractivity contribution in [3.8, 4) is 0 Å². The molecule has 2 aromatic rings. The summed E-state index contributed by atoms with van der Waals surface area (Å²) in [6.07, 6.45) is 1.17. The Labute approximate surface area is 171 Å². The van der Waals surface area contributed by atoms with E-state index < -0.39 is 0 Å². The van der Waals surface area contributed by atoms with Crippen LogP contribution < -0.4 is 0 Å². The molecular formula is C22H26ClN3O2. The number of piperazine rings is 1. The lowest BCUT2D eigenvalue weighted by Crippen LogP contribution is -2.49. The van der Waals surface area contributed by atoms with Crippen molar-refractivity contribution in [3.05, 3.63) is 64.7 Å². The fraction of sp³-hybridized carbons (Fsp3) is 0.364. The zero-order valence-electron chi connectivity index (χ0n) is 16.4. The fourth-order valence-electron chi connectivity index (χ4n) is 3.36. The number of hydrogen-bond donors (Lipinski definition) is 0. The van der Waals surface area contributed by atoms with E-state index in [0.29, 0.717) is 10.6 Å². The molecule has 0 radical (unpaired) electrons. The van der Waals surface area contributed by atoms with Crippen LogP contribution in [-0.4, -0.2) is 61.4 Å². The lowest BCUT2D eigenvalue weighted by Gasteiger charge is -2.36. The van der Waals surface area contributed by atoms with E-state index in [1.807, 2.05) is 36.4 Å². The molecule has 0 bridgehead atoms. The average molecular weight is 400 g/mol. The number of ether oxygens (including phenoxy) is 1. The predicted molar refractivity (Wildman–Crippen MR) is 114 cm³/mol. The third kappa shape index (κ3) is 5.12. The Balaban J connectivity index is 1.90. The normalized spacial score (nSPS) is 15.5. The quantitative estimate of drug-likeness (QED) is 0.428. The van der Waals surface area contributed by atoms with Crippen molar-refractivity contribution in [1.82, 2.24) is 9.80 Å². The summed E-state index contributed by atoms with van der Waals surface area (Å²) in [6, 6.07) is 15.0. The van der Waals surface area contributed by atoms with Gasteiger partial charge in [-0.25, -0.2) is 9.79 Å². The van der Waals surface area contributed by atoms with Gasteiger partial charge in [0.25, 0.3) is 0 Å². The van der Waals surface area contributed by atoms with E-state index >= 15 is 0 Å². The van der Waals surface area contributed by atoms with E-state index in [0.717, 1.165) is 49.8 Å². The highest BCUT2D eigenvalue weighted by Gasteiger charge is 2.21. The van der Waals surface area contributed by atoms with Gasteiger partial charge in [-0.15, -0.1) is 0 Å². The van der Waals surface area contributed by atoms with E-state index in [4.69, 9.17) is 21.3 Å². The maximum absolute atomic E-state index is 11.7. The molecule has 0 aliphatic carbocycles. The SMILES string of the molecule is CCCN1CCN(/C(=N\c2cccc(Cl)c2)c2ccc(C(=O)OC)cc2)CC1. The molecule has 0 aromatic heterocycles. The third-order valence-corrected chi connectivity index (χ3v) is 5.05. The summed E-state index contributed by atoms with van der Waals surface area (Å²) in [7, 11) is 1.39. The summed E-state index contributed by atoms with van der Waals surface area (Å²) in [5.74, 6) is 0.558. The Kier molecular flexibility index (Phi) is 7.06. The second-order valence-corrected chi connectivity index (χ2v) is 7.25. The maximum atomic E-state index is 11.7. The van der Waals surface area contributed by atoms with Gasteiger partial charge in [0.05, 0.1) is 18.4 Å². The van der Waals surface area contributed by atoms with Crippen LogP contribution in [0, 0.1) is 0 Å². The van der Waals surface area contributed by atoms with Gasteiger partial charge in [-0.1, -0.05) is 36.7 Å². The number of carbonyl (C=O) groups excluding carboxylic acids is 1. The molecule has 1 heterocycles. The molecule has 0 atom stereocenters. The number of amidine groups is 1. The lowest BCUT2D eigenvalue weighted by atomic mass is 10.1. The highest BCUT2D eigenvalue weighted by atomic mass is 35.5. The fourth-order valence-corrected chi connectivity index (χ4v) is 3.54. The second kappa shape index (κ2) is 9.71. The molecule has 0 unspecified atom stereocenters. The number of aliphatic imine (C=N–C) groups is 1. The zero-order valence-corrected chi connectivity index (χ0v) is 17.2. The Morgan fingerprint density at radius 1 is 1.07 bits per heavy atom. The number of nitrogens with zero attached hydrogens (tertiary/aromatic N) is 3. The standard InChI is InChI=1S/C22H26ClN3O2/c1-3-11-25-12-14-26(15-13-25)21(24-20-6-4-5-19(23)16-20)17-7-9-18(10-8-17)22(27)28-2/h4-10,16H,3,11-15H2,1-2H3/b24-21-. The predicted octanol–water partition coefficient (Wildman–Crippen LogP) is 4.23. The van der Waals surface area contributed by atoms with Crippen molar-refractivity contribution in [2.45, 2.75) is 13.3 Å². The summed E-state index contributed by atoms with van der Waals surface area (Å²) < 4.78 is 4.80. The van der Waals surface area contributed by atoms with Crippen molar-refractivity contribution in [1.29, 1.82) is 0 Å². The maximum Gasteiger partial charge on any atom is 0.337 e. The monoisotopic (exact) mass is 399 g/mol. The largest absolute Gasteiger partial charge is 0.465 e. The van der Waals surface area contributed by atoms with Gasteiger partial charge in [0.1, 0.15) is 5.84 Å². The Morgan fingerprint density at radius 2 is 1.75 bits per heavy atom. The number of hydrogen-bond acceptors (Lipinski definition) is 4. The van der Waals surface area contributed by atoms with E-state index in [-0.39, 0.29) is 5.97 Å². The summed E-state index contributed by atoms with van der Waals surface area (Å²) in [5, 5.41) is 0.661. The molecule has 2 aromatic carbocycles. The third-order valence-electron chi connectivity index (χ3n) is 4.82. The van der Waals surface area contributed by atoms with Gasteiger partial charge in [-0.05, 0) is 43.3 Å². The van der Waals surface area contributed by atoms with Crippen LogP contribution in [0.5, 0.6) is 0 Å². The minimum atomic E-state index is -0.340. The minimum Gasteiger partial charge on any atom is -0.465 e. The molecular weight excluding hydrogens is 374 g/mol. The van der Waals surface area contributed by atoms with Crippen LogP contribution in [0.2, 0.25) is 5.02 Å². The van der Waals surface area contributed by atoms with Crippen LogP contribution in [0.25, 0.3) is 0 Å². The summed E-state index contributed by atoms with van der Waals surface area (Å²) in [4.78, 5) is 21.4. The van der Waals surface area contributed by atoms with Crippen LogP contribution in [0.15, 0.2) is 53.5 Å². The number of benzene rings is 2. The molecule has 1 aliphatic heterocycles. The Morgan fingerprint density at radius 3 is 2.36 bits per heavy atom. The van der Waals surface area contributed by atoms with Gasteiger partial charge < -0.3 is 9.64 Å². The lowest BCUT2D eigenvalue weighted by molar-refractivity contribution is 0.0600. The van der Waals surface area contributed by atoms with E-state index in [2.05, 4.69) is 16.7 Å². The first kappa shape index (κ1) is 20.4. The van der Waals surface area contributed by atoms with E-state index in [9.17, 15) is 4.79 Å². The zero-order chi connectivity index (χ0) is 19.9. The van der Waals surface area contributed by atoms with Crippen LogP contribution in [0.4, 0.5) is 5.69 Å². The molecule has 0 saturated carbocycles. The molecule has 6 heteroatoms. The van der Waals surface area contributed by atoms with E-state index in [1.165, 1.54) is 13.5 Å². The minimum absolute atomic E-state index is 0.340. The summed E-state index contributed by atoms with van der Waals surface area (Å²) in [6.45, 7) is 7.20. The van der Waals surface area contributed by atoms with Crippen LogP contribution in [-0.2, 0) is 4.74 Å². The van der Waals surface area contributed by atoms with E-state index in [1.54, 1.807) is 12.1 Å². The van der Waals surface area contributed by atoms with Gasteiger partial charge in [0, 0.05) is 36.8 Å². The topological polar surface area (TPSA) is 45.1 Å². The Bertz CT molecular complexity index is 828. The van der Waals surface area contributed by atoms with Crippen molar-refractivity contribution in [3.63, 3.8) is 0 Å². The average Bonchev–Trinajstić information content (AvgIpc) is 2.73. The van der Waals surface area contributed by atoms with Crippen LogP contribution in [0.3, 0.4) is 0 Å². The summed E-state index contributed by atoms with van der Waals surface area (Å²) in [5.41, 5.74) is 2.31. The molecule has 5 nitrogen and oxygen atoms in total. The first-order valence-electron chi connectivity index (χ1n) is 9.61. The number of halogens is 1. The van der Waals surface area contributed by atoms with Gasteiger partial charge >= 0.3 is 5.97 Å². The molecule has 1 aliphatic rings. The Hall–Kier alpha value is -2.37. The van der Waals surface area contributed by atoms with Crippen molar-refractivity contribution in [2.75, 3.05) is 39.8 Å². The molecule has 3 rings (SSSR count). The van der Waals surface area contributed by atoms with Crippen molar-refractivity contribution in [2.24, 2.45) is 4.99 Å². The molecule has 1 saturated heterocycles. The number of carbonyl (C=O) groups is 1. The first-order valence-corrected chi connectivity index (χ1v) is 9.99. The molecule has 28 heavy (non-hydrogen) atoms. The molecule has 0 spiro atoms. The smallest absolute Gasteiger partial charge is 0.337 e. The first-order chi connectivity index (χ1) is 13.6. The van der Waals surface area contributed by atoms with Gasteiger partial charge in [-0.2, -0.15) is 0 Å².